The molecule has 0 unspecified atom stereocenters. The molecule has 4 heteroatoms. The van der Waals surface area contributed by atoms with Crippen molar-refractivity contribution >= 4 is 29.1 Å². The smallest absolute Gasteiger partial charge is 0.267 e. The van der Waals surface area contributed by atoms with E-state index in [1.165, 1.54) is 4.90 Å². The summed E-state index contributed by atoms with van der Waals surface area (Å²) in [7, 11) is 0. The third-order valence-corrected chi connectivity index (χ3v) is 4.37. The van der Waals surface area contributed by atoms with E-state index >= 15 is 0 Å². The number of carbonyl (C=O) groups excluding carboxylic acids is 2. The fourth-order valence-corrected chi connectivity index (χ4v) is 3.20. The van der Waals surface area contributed by atoms with E-state index in [0.29, 0.717) is 16.1 Å². The molecule has 2 aromatic rings. The molecule has 3 nitrogen and oxygen atoms in total. The highest BCUT2D eigenvalue weighted by Gasteiger charge is 2.39. The Morgan fingerprint density at radius 2 is 1.50 bits per heavy atom. The monoisotopic (exact) mass is 313 g/mol. The Labute approximate surface area is 134 Å². The molecular formula is C18H16ClNO2. The maximum Gasteiger partial charge on any atom is 0.267 e. The number of anilines is 1. The van der Waals surface area contributed by atoms with Gasteiger partial charge in [0.1, 0.15) is 0 Å². The van der Waals surface area contributed by atoms with E-state index in [1.807, 2.05) is 32.0 Å². The van der Waals surface area contributed by atoms with Crippen molar-refractivity contribution in [3.05, 3.63) is 63.7 Å². The van der Waals surface area contributed by atoms with Crippen LogP contribution in [0, 0.1) is 0 Å². The maximum atomic E-state index is 12.8. The van der Waals surface area contributed by atoms with Crippen LogP contribution < -0.4 is 4.90 Å². The number of nitrogens with zero attached hydrogens (tertiary/aromatic N) is 1. The van der Waals surface area contributed by atoms with Crippen molar-refractivity contribution in [3.63, 3.8) is 0 Å². The second-order valence-corrected chi connectivity index (χ2v) is 5.65. The fourth-order valence-electron chi connectivity index (χ4n) is 2.95. The zero-order valence-corrected chi connectivity index (χ0v) is 13.3. The van der Waals surface area contributed by atoms with Crippen molar-refractivity contribution in [2.75, 3.05) is 4.90 Å². The van der Waals surface area contributed by atoms with E-state index in [-0.39, 0.29) is 11.8 Å². The largest absolute Gasteiger partial charge is 0.268 e. The van der Waals surface area contributed by atoms with Gasteiger partial charge >= 0.3 is 0 Å². The van der Waals surface area contributed by atoms with Crippen LogP contribution in [0.15, 0.2) is 36.4 Å². The molecular weight excluding hydrogens is 298 g/mol. The number of rotatable bonds is 3. The summed E-state index contributed by atoms with van der Waals surface area (Å²) in [6, 6.07) is 10.9. The number of amides is 2. The summed E-state index contributed by atoms with van der Waals surface area (Å²) in [5.41, 5.74) is 3.39. The normalized spacial score (nSPS) is 13.7. The molecule has 1 aliphatic heterocycles. The highest BCUT2D eigenvalue weighted by molar-refractivity contribution is 6.42. The van der Waals surface area contributed by atoms with Crippen LogP contribution in [0.4, 0.5) is 5.69 Å². The molecule has 0 radical (unpaired) electrons. The van der Waals surface area contributed by atoms with Gasteiger partial charge < -0.3 is 0 Å². The predicted molar refractivity (Wildman–Crippen MR) is 87.8 cm³/mol. The quantitative estimate of drug-likeness (QED) is 0.794. The second-order valence-electron chi connectivity index (χ2n) is 5.24. The summed E-state index contributed by atoms with van der Waals surface area (Å²) in [5, 5.41) is 0.324. The van der Waals surface area contributed by atoms with Gasteiger partial charge in [-0.2, -0.15) is 0 Å². The lowest BCUT2D eigenvalue weighted by Gasteiger charge is -2.21. The van der Waals surface area contributed by atoms with Crippen LogP contribution >= 0.6 is 11.6 Å². The number of para-hydroxylation sites is 1. The molecule has 0 spiro atoms. The molecule has 22 heavy (non-hydrogen) atoms. The molecule has 1 heterocycles. The first-order chi connectivity index (χ1) is 10.6. The van der Waals surface area contributed by atoms with E-state index in [0.717, 1.165) is 29.7 Å². The molecule has 0 atom stereocenters. The minimum Gasteiger partial charge on any atom is -0.268 e. The first kappa shape index (κ1) is 14.8. The topological polar surface area (TPSA) is 37.4 Å². The molecule has 0 aromatic heterocycles. The second kappa shape index (κ2) is 5.58. The number of halogens is 1. The molecule has 3 rings (SSSR count). The van der Waals surface area contributed by atoms with Crippen LogP contribution in [-0.2, 0) is 12.8 Å². The Kier molecular flexibility index (Phi) is 3.75. The summed E-state index contributed by atoms with van der Waals surface area (Å²) < 4.78 is 0. The minimum atomic E-state index is -0.332. The Morgan fingerprint density at radius 3 is 2.05 bits per heavy atom. The first-order valence-electron chi connectivity index (χ1n) is 7.38. The number of fused-ring (bicyclic) bond motifs is 1. The Hall–Kier alpha value is -2.13. The van der Waals surface area contributed by atoms with Gasteiger partial charge in [-0.1, -0.05) is 49.7 Å². The highest BCUT2D eigenvalue weighted by atomic mass is 35.5. The molecule has 2 aromatic carbocycles. The zero-order chi connectivity index (χ0) is 15.9. The lowest BCUT2D eigenvalue weighted by molar-refractivity contribution is 0.0925. The summed E-state index contributed by atoms with van der Waals surface area (Å²) in [5.74, 6) is -0.626. The van der Waals surface area contributed by atoms with E-state index in [1.54, 1.807) is 18.2 Å². The molecule has 0 saturated heterocycles. The van der Waals surface area contributed by atoms with Gasteiger partial charge in [0.25, 0.3) is 11.8 Å². The third kappa shape index (κ3) is 2.04. The van der Waals surface area contributed by atoms with Crippen molar-refractivity contribution in [1.29, 1.82) is 0 Å². The number of benzene rings is 2. The molecule has 1 aliphatic rings. The molecule has 0 bridgehead atoms. The van der Waals surface area contributed by atoms with E-state index < -0.39 is 0 Å². The summed E-state index contributed by atoms with van der Waals surface area (Å²) >= 11 is 6.13. The van der Waals surface area contributed by atoms with Crippen molar-refractivity contribution < 1.29 is 9.59 Å². The molecule has 0 fully saturated rings. The number of carbonyl (C=O) groups is 2. The van der Waals surface area contributed by atoms with Gasteiger partial charge in [-0.05, 0) is 36.1 Å². The molecule has 0 N–H and O–H groups in total. The molecule has 0 saturated carbocycles. The number of hydrogen-bond donors (Lipinski definition) is 0. The van der Waals surface area contributed by atoms with Crippen molar-refractivity contribution in [2.24, 2.45) is 0 Å². The average molecular weight is 314 g/mol. The minimum absolute atomic E-state index is 0.293. The predicted octanol–water partition coefficient (Wildman–Crippen LogP) is 4.27. The summed E-state index contributed by atoms with van der Waals surface area (Å²) in [6.07, 6.45) is 1.51. The number of aryl methyl sites for hydroxylation is 2. The van der Waals surface area contributed by atoms with Gasteiger partial charge in [0.05, 0.1) is 21.8 Å². The van der Waals surface area contributed by atoms with Crippen molar-refractivity contribution in [3.8, 4) is 0 Å². The van der Waals surface area contributed by atoms with Crippen LogP contribution in [0.5, 0.6) is 0 Å². The standard InChI is InChI=1S/C18H16ClNO2/c1-3-11-7-5-8-12(4-2)16(11)20-17(21)13-9-6-10-14(19)15(13)18(20)22/h5-10H,3-4H2,1-2H3. The highest BCUT2D eigenvalue weighted by Crippen LogP contribution is 2.36. The third-order valence-electron chi connectivity index (χ3n) is 4.05. The maximum absolute atomic E-state index is 12.8. The molecule has 0 aliphatic carbocycles. The van der Waals surface area contributed by atoms with Gasteiger partial charge in [0.15, 0.2) is 0 Å². The average Bonchev–Trinajstić information content (AvgIpc) is 2.79. The van der Waals surface area contributed by atoms with E-state index in [2.05, 4.69) is 0 Å². The SMILES string of the molecule is CCc1cccc(CC)c1N1C(=O)c2cccc(Cl)c2C1=O. The van der Waals surface area contributed by atoms with Gasteiger partial charge in [-0.3, -0.25) is 9.59 Å². The first-order valence-corrected chi connectivity index (χ1v) is 7.76. The fraction of sp³-hybridized carbons (Fsp3) is 0.222. The van der Waals surface area contributed by atoms with Crippen LogP contribution in [0.2, 0.25) is 5.02 Å². The van der Waals surface area contributed by atoms with E-state index in [9.17, 15) is 9.59 Å². The van der Waals surface area contributed by atoms with Crippen molar-refractivity contribution in [2.45, 2.75) is 26.7 Å². The van der Waals surface area contributed by atoms with Gasteiger partial charge in [0.2, 0.25) is 0 Å². The van der Waals surface area contributed by atoms with Crippen LogP contribution in [0.3, 0.4) is 0 Å². The van der Waals surface area contributed by atoms with Gasteiger partial charge in [-0.15, -0.1) is 0 Å². The van der Waals surface area contributed by atoms with Crippen LogP contribution in [-0.4, -0.2) is 11.8 Å². The lowest BCUT2D eigenvalue weighted by Crippen LogP contribution is -2.31. The summed E-state index contributed by atoms with van der Waals surface area (Å²) in [6.45, 7) is 4.03. The molecule has 112 valence electrons. The van der Waals surface area contributed by atoms with Crippen LogP contribution in [0.1, 0.15) is 45.7 Å². The lowest BCUT2D eigenvalue weighted by atomic mass is 10.0. The van der Waals surface area contributed by atoms with Gasteiger partial charge in [0, 0.05) is 0 Å². The molecule has 2 amide bonds. The number of imide groups is 1. The van der Waals surface area contributed by atoms with Crippen LogP contribution in [0.25, 0.3) is 0 Å². The zero-order valence-electron chi connectivity index (χ0n) is 12.5. The Morgan fingerprint density at radius 1 is 0.909 bits per heavy atom. The number of hydrogen-bond acceptors (Lipinski definition) is 2. The van der Waals surface area contributed by atoms with E-state index in [4.69, 9.17) is 11.6 Å². The van der Waals surface area contributed by atoms with Gasteiger partial charge in [-0.25, -0.2) is 4.90 Å². The Balaban J connectivity index is 2.22. The summed E-state index contributed by atoms with van der Waals surface area (Å²) in [4.78, 5) is 26.8. The Bertz CT molecular complexity index is 760. The van der Waals surface area contributed by atoms with Crippen molar-refractivity contribution in [1.82, 2.24) is 0 Å².